The van der Waals surface area contributed by atoms with Gasteiger partial charge >= 0.3 is 0 Å². The molecule has 1 aliphatic rings. The third-order valence-corrected chi connectivity index (χ3v) is 1.41. The quantitative estimate of drug-likeness (QED) is 0.245. The maximum absolute atomic E-state index is 8.05. The van der Waals surface area contributed by atoms with E-state index in [9.17, 15) is 0 Å². The summed E-state index contributed by atoms with van der Waals surface area (Å²) in [6, 6.07) is 0.0648. The van der Waals surface area contributed by atoms with Gasteiger partial charge in [-0.25, -0.2) is 0 Å². The van der Waals surface area contributed by atoms with Crippen LogP contribution in [-0.4, -0.2) is 18.8 Å². The number of rotatable bonds is 3. The van der Waals surface area contributed by atoms with E-state index in [4.69, 9.17) is 10.3 Å². The van der Waals surface area contributed by atoms with Crippen molar-refractivity contribution in [3.05, 3.63) is 10.4 Å². The van der Waals surface area contributed by atoms with E-state index in [2.05, 4.69) is 10.0 Å². The maximum atomic E-state index is 8.05. The van der Waals surface area contributed by atoms with Crippen LogP contribution in [0.25, 0.3) is 10.4 Å². The van der Waals surface area contributed by atoms with Crippen LogP contribution in [0.2, 0.25) is 0 Å². The van der Waals surface area contributed by atoms with E-state index in [0.717, 1.165) is 13.0 Å². The van der Waals surface area contributed by atoms with Gasteiger partial charge in [-0.3, -0.25) is 0 Å². The second-order valence-electron chi connectivity index (χ2n) is 2.05. The zero-order valence-corrected chi connectivity index (χ0v) is 5.32. The monoisotopic (exact) mass is 127 g/mol. The molecular weight excluding hydrogens is 118 g/mol. The van der Waals surface area contributed by atoms with Crippen molar-refractivity contribution in [3.8, 4) is 0 Å². The summed E-state index contributed by atoms with van der Waals surface area (Å²) in [7, 11) is 0. The Bertz CT molecular complexity index is 137. The fourth-order valence-electron chi connectivity index (χ4n) is 0.763. The van der Waals surface area contributed by atoms with E-state index in [0.29, 0.717) is 0 Å². The fraction of sp³-hybridized carbons (Fsp3) is 1.00. The Morgan fingerprint density at radius 2 is 2.67 bits per heavy atom. The molecule has 0 bridgehead atoms. The molecule has 50 valence electrons. The van der Waals surface area contributed by atoms with Crippen LogP contribution in [-0.2, 0) is 4.74 Å². The van der Waals surface area contributed by atoms with Crippen molar-refractivity contribution in [2.45, 2.75) is 25.5 Å². The van der Waals surface area contributed by atoms with Gasteiger partial charge in [0.15, 0.2) is 0 Å². The average Bonchev–Trinajstić information content (AvgIpc) is 2.64. The molecule has 0 N–H and O–H groups in total. The second-order valence-corrected chi connectivity index (χ2v) is 2.05. The Kier molecular flexibility index (Phi) is 1.92. The third-order valence-electron chi connectivity index (χ3n) is 1.41. The molecule has 1 aliphatic heterocycles. The summed E-state index contributed by atoms with van der Waals surface area (Å²) in [5, 5.41) is 3.56. The molecule has 0 saturated carbocycles. The average molecular weight is 127 g/mol. The van der Waals surface area contributed by atoms with E-state index < -0.39 is 0 Å². The molecule has 4 nitrogen and oxygen atoms in total. The number of hydrogen-bond acceptors (Lipinski definition) is 2. The first-order valence-electron chi connectivity index (χ1n) is 3.04. The smallest absolute Gasteiger partial charge is 0.0894 e. The molecule has 1 saturated heterocycles. The third kappa shape index (κ3) is 1.59. The zero-order chi connectivity index (χ0) is 6.69. The lowest BCUT2D eigenvalue weighted by Crippen LogP contribution is -2.09. The Morgan fingerprint density at radius 3 is 3.00 bits per heavy atom. The molecule has 1 heterocycles. The minimum absolute atomic E-state index is 0.0648. The SMILES string of the molecule is CC[C@H](N=[N+]=[N-])C1CO1. The van der Waals surface area contributed by atoms with Gasteiger partial charge in [0, 0.05) is 4.91 Å². The molecular formula is C5H9N3O. The molecule has 0 radical (unpaired) electrons. The van der Waals surface area contributed by atoms with Gasteiger partial charge in [0.05, 0.1) is 18.8 Å². The highest BCUT2D eigenvalue weighted by atomic mass is 16.6. The number of ether oxygens (including phenoxy) is 1. The predicted molar refractivity (Wildman–Crippen MR) is 33.0 cm³/mol. The van der Waals surface area contributed by atoms with Crippen molar-refractivity contribution < 1.29 is 4.74 Å². The van der Waals surface area contributed by atoms with Crippen LogP contribution in [0.1, 0.15) is 13.3 Å². The summed E-state index contributed by atoms with van der Waals surface area (Å²) in [6.45, 7) is 2.75. The Balaban J connectivity index is 2.37. The van der Waals surface area contributed by atoms with E-state index in [1.54, 1.807) is 0 Å². The van der Waals surface area contributed by atoms with Gasteiger partial charge in [-0.15, -0.1) is 0 Å². The van der Waals surface area contributed by atoms with Gasteiger partial charge in [0.25, 0.3) is 0 Å². The van der Waals surface area contributed by atoms with Crippen LogP contribution in [0.5, 0.6) is 0 Å². The van der Waals surface area contributed by atoms with E-state index in [-0.39, 0.29) is 12.1 Å². The lowest BCUT2D eigenvalue weighted by Gasteiger charge is -1.99. The molecule has 9 heavy (non-hydrogen) atoms. The molecule has 0 aromatic rings. The Hall–Kier alpha value is -0.730. The van der Waals surface area contributed by atoms with Crippen LogP contribution < -0.4 is 0 Å². The first kappa shape index (κ1) is 6.39. The van der Waals surface area contributed by atoms with Crippen molar-refractivity contribution in [1.82, 2.24) is 0 Å². The number of hydrogen-bond donors (Lipinski definition) is 0. The number of epoxide rings is 1. The summed E-state index contributed by atoms with van der Waals surface area (Å²) in [6.07, 6.45) is 1.08. The van der Waals surface area contributed by atoms with Crippen molar-refractivity contribution in [3.63, 3.8) is 0 Å². The van der Waals surface area contributed by atoms with E-state index >= 15 is 0 Å². The summed E-state index contributed by atoms with van der Waals surface area (Å²) >= 11 is 0. The molecule has 1 unspecified atom stereocenters. The van der Waals surface area contributed by atoms with Crippen molar-refractivity contribution in [2.24, 2.45) is 5.11 Å². The molecule has 1 fully saturated rings. The van der Waals surface area contributed by atoms with E-state index in [1.807, 2.05) is 6.92 Å². The Morgan fingerprint density at radius 1 is 2.00 bits per heavy atom. The number of nitrogens with zero attached hydrogens (tertiary/aromatic N) is 3. The van der Waals surface area contributed by atoms with Crippen LogP contribution in [0, 0.1) is 0 Å². The molecule has 0 aliphatic carbocycles. The van der Waals surface area contributed by atoms with Crippen molar-refractivity contribution in [2.75, 3.05) is 6.61 Å². The summed E-state index contributed by atoms with van der Waals surface area (Å²) in [4.78, 5) is 2.71. The zero-order valence-electron chi connectivity index (χ0n) is 5.32. The van der Waals surface area contributed by atoms with Crippen LogP contribution in [0.4, 0.5) is 0 Å². The lowest BCUT2D eigenvalue weighted by atomic mass is 10.2. The molecule has 0 amide bonds. The van der Waals surface area contributed by atoms with Gasteiger partial charge < -0.3 is 4.74 Å². The molecule has 0 aromatic carbocycles. The first-order chi connectivity index (χ1) is 4.38. The first-order valence-corrected chi connectivity index (χ1v) is 3.04. The summed E-state index contributed by atoms with van der Waals surface area (Å²) in [5.74, 6) is 0. The molecule has 2 atom stereocenters. The highest BCUT2D eigenvalue weighted by Crippen LogP contribution is 2.19. The highest BCUT2D eigenvalue weighted by molar-refractivity contribution is 4.83. The normalized spacial score (nSPS) is 26.6. The topological polar surface area (TPSA) is 61.3 Å². The number of azide groups is 1. The van der Waals surface area contributed by atoms with E-state index in [1.165, 1.54) is 0 Å². The second kappa shape index (κ2) is 2.71. The minimum atomic E-state index is 0.0648. The molecule has 1 rings (SSSR count). The Labute approximate surface area is 53.4 Å². The summed E-state index contributed by atoms with van der Waals surface area (Å²) < 4.78 is 4.95. The maximum Gasteiger partial charge on any atom is 0.0894 e. The summed E-state index contributed by atoms with van der Waals surface area (Å²) in [5.41, 5.74) is 8.05. The van der Waals surface area contributed by atoms with Crippen molar-refractivity contribution in [1.29, 1.82) is 0 Å². The van der Waals surface area contributed by atoms with Gasteiger partial charge in [-0.1, -0.05) is 12.0 Å². The van der Waals surface area contributed by atoms with Crippen LogP contribution in [0.15, 0.2) is 5.11 Å². The van der Waals surface area contributed by atoms with Crippen molar-refractivity contribution >= 4 is 0 Å². The fourth-order valence-corrected chi connectivity index (χ4v) is 0.763. The van der Waals surface area contributed by atoms with Gasteiger partial charge in [0.1, 0.15) is 0 Å². The van der Waals surface area contributed by atoms with Crippen LogP contribution in [0.3, 0.4) is 0 Å². The van der Waals surface area contributed by atoms with Gasteiger partial charge in [0.2, 0.25) is 0 Å². The largest absolute Gasteiger partial charge is 0.373 e. The van der Waals surface area contributed by atoms with Gasteiger partial charge in [-0.05, 0) is 12.0 Å². The van der Waals surface area contributed by atoms with Gasteiger partial charge in [-0.2, -0.15) is 0 Å². The highest BCUT2D eigenvalue weighted by Gasteiger charge is 2.30. The molecule has 0 spiro atoms. The van der Waals surface area contributed by atoms with Crippen LogP contribution >= 0.6 is 0 Å². The molecule has 4 heteroatoms. The lowest BCUT2D eigenvalue weighted by molar-refractivity contribution is 0.368. The standard InChI is InChI=1S/C5H9N3O/c1-2-4(7-8-6)5-3-9-5/h4-5H,2-3H2,1H3/t4-,5?/m0/s1. The minimum Gasteiger partial charge on any atom is -0.373 e. The molecule has 0 aromatic heterocycles. The predicted octanol–water partition coefficient (Wildman–Crippen LogP) is 1.47.